The van der Waals surface area contributed by atoms with Crippen molar-refractivity contribution in [1.82, 2.24) is 10.6 Å². The lowest BCUT2D eigenvalue weighted by Crippen LogP contribution is -2.32. The molecule has 1 heterocycles. The summed E-state index contributed by atoms with van der Waals surface area (Å²) < 4.78 is 4.58. The molecule has 1 aliphatic heterocycles. The average Bonchev–Trinajstić information content (AvgIpc) is 2.33. The van der Waals surface area contributed by atoms with E-state index in [1.807, 2.05) is 0 Å². The van der Waals surface area contributed by atoms with E-state index >= 15 is 0 Å². The summed E-state index contributed by atoms with van der Waals surface area (Å²) in [5, 5.41) is 7.49. The molecule has 1 fully saturated rings. The Morgan fingerprint density at radius 1 is 1.67 bits per heavy atom. The summed E-state index contributed by atoms with van der Waals surface area (Å²) in [4.78, 5) is 10.9. The van der Waals surface area contributed by atoms with Crippen LogP contribution in [0.25, 0.3) is 0 Å². The van der Waals surface area contributed by atoms with Crippen LogP contribution in [0.5, 0.6) is 0 Å². The Balaban J connectivity index is 2.24. The molecular formula is C8H15N2O2. The number of hydrogen-bond acceptors (Lipinski definition) is 3. The fourth-order valence-corrected chi connectivity index (χ4v) is 1.27. The molecule has 1 saturated heterocycles. The van der Waals surface area contributed by atoms with Gasteiger partial charge in [0.15, 0.2) is 0 Å². The van der Waals surface area contributed by atoms with Gasteiger partial charge in [0.1, 0.15) is 0 Å². The van der Waals surface area contributed by atoms with Crippen molar-refractivity contribution < 1.29 is 9.53 Å². The summed E-state index contributed by atoms with van der Waals surface area (Å²) in [6.07, 6.45) is 1.40. The highest BCUT2D eigenvalue weighted by atomic mass is 16.5. The topological polar surface area (TPSA) is 52.4 Å². The van der Waals surface area contributed by atoms with E-state index in [9.17, 15) is 4.79 Å². The highest BCUT2D eigenvalue weighted by Gasteiger charge is 2.15. The van der Waals surface area contributed by atoms with E-state index in [4.69, 9.17) is 0 Å². The highest BCUT2D eigenvalue weighted by molar-refractivity contribution is 5.69. The maximum absolute atomic E-state index is 10.9. The minimum Gasteiger partial charge on any atom is -0.469 e. The third kappa shape index (κ3) is 3.19. The van der Waals surface area contributed by atoms with Crippen LogP contribution >= 0.6 is 0 Å². The summed E-state index contributed by atoms with van der Waals surface area (Å²) in [6, 6.07) is 0.253. The van der Waals surface area contributed by atoms with E-state index in [1.165, 1.54) is 7.11 Å². The van der Waals surface area contributed by atoms with Crippen molar-refractivity contribution >= 4 is 5.97 Å². The van der Waals surface area contributed by atoms with Crippen molar-refractivity contribution in [3.8, 4) is 0 Å². The quantitative estimate of drug-likeness (QED) is 0.571. The minimum absolute atomic E-state index is 0.144. The molecule has 0 spiro atoms. The standard InChI is InChI=1S/C8H15N2O2/c1-12-8(11)6-7-2-3-9-4-5-10-7/h7,10H,2-6H2,1H3. The zero-order valence-electron chi connectivity index (χ0n) is 7.38. The highest BCUT2D eigenvalue weighted by Crippen LogP contribution is 2.01. The largest absolute Gasteiger partial charge is 0.469 e. The van der Waals surface area contributed by atoms with Crippen LogP contribution in [0.4, 0.5) is 0 Å². The number of carbonyl (C=O) groups excluding carboxylic acids is 1. The first kappa shape index (κ1) is 9.48. The van der Waals surface area contributed by atoms with Gasteiger partial charge in [-0.2, -0.15) is 0 Å². The molecule has 1 unspecified atom stereocenters. The van der Waals surface area contributed by atoms with E-state index in [0.29, 0.717) is 6.42 Å². The molecule has 1 aliphatic rings. The number of esters is 1. The maximum Gasteiger partial charge on any atom is 0.307 e. The first-order valence-corrected chi connectivity index (χ1v) is 4.26. The molecule has 12 heavy (non-hydrogen) atoms. The van der Waals surface area contributed by atoms with Gasteiger partial charge in [-0.3, -0.25) is 4.79 Å². The molecule has 1 rings (SSSR count). The smallest absolute Gasteiger partial charge is 0.307 e. The van der Waals surface area contributed by atoms with Crippen molar-refractivity contribution in [3.63, 3.8) is 0 Å². The molecule has 4 heteroatoms. The van der Waals surface area contributed by atoms with Gasteiger partial charge in [-0.25, -0.2) is 5.32 Å². The van der Waals surface area contributed by atoms with E-state index in [2.05, 4.69) is 15.4 Å². The monoisotopic (exact) mass is 171 g/mol. The molecule has 0 saturated carbocycles. The first-order valence-electron chi connectivity index (χ1n) is 4.26. The fraction of sp³-hybridized carbons (Fsp3) is 0.875. The van der Waals surface area contributed by atoms with Crippen LogP contribution in [0, 0.1) is 0 Å². The molecule has 0 aromatic rings. The van der Waals surface area contributed by atoms with Gasteiger partial charge in [0.25, 0.3) is 0 Å². The molecule has 0 bridgehead atoms. The Bertz CT molecular complexity index is 142. The van der Waals surface area contributed by atoms with Crippen molar-refractivity contribution in [2.24, 2.45) is 0 Å². The Labute approximate surface area is 72.7 Å². The summed E-state index contributed by atoms with van der Waals surface area (Å²) in [5.41, 5.74) is 0. The second-order valence-corrected chi connectivity index (χ2v) is 2.89. The van der Waals surface area contributed by atoms with E-state index in [1.54, 1.807) is 0 Å². The zero-order valence-corrected chi connectivity index (χ0v) is 7.38. The summed E-state index contributed by atoms with van der Waals surface area (Å²) in [5.74, 6) is -0.144. The number of nitrogens with zero attached hydrogens (tertiary/aromatic N) is 1. The molecule has 4 nitrogen and oxygen atoms in total. The van der Waals surface area contributed by atoms with Gasteiger partial charge < -0.3 is 10.1 Å². The lowest BCUT2D eigenvalue weighted by atomic mass is 10.1. The van der Waals surface area contributed by atoms with E-state index in [-0.39, 0.29) is 12.0 Å². The van der Waals surface area contributed by atoms with E-state index in [0.717, 1.165) is 26.1 Å². The van der Waals surface area contributed by atoms with Gasteiger partial charge in [0.2, 0.25) is 0 Å². The molecule has 1 radical (unpaired) electrons. The SMILES string of the molecule is COC(=O)CC1CC[N]CCN1. The summed E-state index contributed by atoms with van der Waals surface area (Å²) in [7, 11) is 1.42. The Hall–Kier alpha value is -0.610. The first-order chi connectivity index (χ1) is 5.83. The van der Waals surface area contributed by atoms with Crippen LogP contribution in [0.2, 0.25) is 0 Å². The van der Waals surface area contributed by atoms with Crippen molar-refractivity contribution in [2.45, 2.75) is 18.9 Å². The van der Waals surface area contributed by atoms with Crippen LogP contribution in [0.15, 0.2) is 0 Å². The van der Waals surface area contributed by atoms with Gasteiger partial charge >= 0.3 is 5.97 Å². The van der Waals surface area contributed by atoms with Crippen LogP contribution in [0.3, 0.4) is 0 Å². The zero-order chi connectivity index (χ0) is 8.81. The third-order valence-corrected chi connectivity index (χ3v) is 1.98. The number of methoxy groups -OCH3 is 1. The minimum atomic E-state index is -0.144. The molecule has 0 aromatic carbocycles. The molecule has 0 amide bonds. The van der Waals surface area contributed by atoms with Gasteiger partial charge in [-0.15, -0.1) is 0 Å². The van der Waals surface area contributed by atoms with Crippen molar-refractivity contribution in [2.75, 3.05) is 26.7 Å². The summed E-state index contributed by atoms with van der Waals surface area (Å²) in [6.45, 7) is 2.59. The maximum atomic E-state index is 10.9. The molecule has 0 aromatic heterocycles. The lowest BCUT2D eigenvalue weighted by molar-refractivity contribution is -0.141. The van der Waals surface area contributed by atoms with Crippen molar-refractivity contribution in [3.05, 3.63) is 0 Å². The Kier molecular flexibility index (Phi) is 4.04. The number of carbonyl (C=O) groups is 1. The Morgan fingerprint density at radius 3 is 3.25 bits per heavy atom. The second kappa shape index (κ2) is 5.11. The second-order valence-electron chi connectivity index (χ2n) is 2.89. The Morgan fingerprint density at radius 2 is 2.50 bits per heavy atom. The molecular weight excluding hydrogens is 156 g/mol. The number of rotatable bonds is 2. The molecule has 1 N–H and O–H groups in total. The van der Waals surface area contributed by atoms with Crippen LogP contribution in [-0.4, -0.2) is 38.8 Å². The molecule has 0 aliphatic carbocycles. The van der Waals surface area contributed by atoms with Crippen LogP contribution < -0.4 is 10.6 Å². The van der Waals surface area contributed by atoms with Gasteiger partial charge in [-0.1, -0.05) is 0 Å². The number of nitrogens with one attached hydrogen (secondary N) is 1. The van der Waals surface area contributed by atoms with E-state index < -0.39 is 0 Å². The van der Waals surface area contributed by atoms with Crippen LogP contribution in [0.1, 0.15) is 12.8 Å². The molecule has 1 atom stereocenters. The average molecular weight is 171 g/mol. The normalized spacial score (nSPS) is 24.6. The predicted molar refractivity (Wildman–Crippen MR) is 44.9 cm³/mol. The summed E-state index contributed by atoms with van der Waals surface area (Å²) >= 11 is 0. The lowest BCUT2D eigenvalue weighted by Gasteiger charge is -2.12. The van der Waals surface area contributed by atoms with Crippen molar-refractivity contribution in [1.29, 1.82) is 0 Å². The van der Waals surface area contributed by atoms with Gasteiger partial charge in [-0.05, 0) is 6.42 Å². The number of ether oxygens (including phenoxy) is 1. The van der Waals surface area contributed by atoms with Crippen LogP contribution in [-0.2, 0) is 9.53 Å². The van der Waals surface area contributed by atoms with Gasteiger partial charge in [0, 0.05) is 25.7 Å². The third-order valence-electron chi connectivity index (χ3n) is 1.98. The van der Waals surface area contributed by atoms with Gasteiger partial charge in [0.05, 0.1) is 13.5 Å². The molecule has 69 valence electrons. The fourth-order valence-electron chi connectivity index (χ4n) is 1.27. The number of hydrogen-bond donors (Lipinski definition) is 1. The predicted octanol–water partition coefficient (Wildman–Crippen LogP) is -0.484.